The molecule has 1 aromatic heterocycles. The second-order valence-corrected chi connectivity index (χ2v) is 6.87. The van der Waals surface area contributed by atoms with Crippen LogP contribution < -0.4 is 5.32 Å². The standard InChI is InChI=1S/C18H30N4O2/c1-19-14-17-13-16(15-24-17)18(23)22-11-9-21(10-12-22)8-4-7-20-5-2-3-6-20/h13,15,19H,2-12,14H2,1H3. The summed E-state index contributed by atoms with van der Waals surface area (Å²) < 4.78 is 5.41. The molecule has 0 atom stereocenters. The zero-order valence-corrected chi connectivity index (χ0v) is 14.8. The molecule has 0 spiro atoms. The Balaban J connectivity index is 1.38. The number of hydrogen-bond acceptors (Lipinski definition) is 5. The first-order valence-electron chi connectivity index (χ1n) is 9.22. The van der Waals surface area contributed by atoms with Gasteiger partial charge in [0, 0.05) is 26.2 Å². The number of likely N-dealkylation sites (tertiary alicyclic amines) is 1. The van der Waals surface area contributed by atoms with Crippen LogP contribution in [-0.4, -0.2) is 80.0 Å². The molecule has 0 unspecified atom stereocenters. The van der Waals surface area contributed by atoms with E-state index in [2.05, 4.69) is 15.1 Å². The molecule has 2 aliphatic heterocycles. The van der Waals surface area contributed by atoms with E-state index in [-0.39, 0.29) is 5.91 Å². The Labute approximate surface area is 144 Å². The molecule has 0 saturated carbocycles. The van der Waals surface area contributed by atoms with Gasteiger partial charge in [0.15, 0.2) is 0 Å². The molecule has 1 N–H and O–H groups in total. The fourth-order valence-corrected chi connectivity index (χ4v) is 3.64. The first-order valence-corrected chi connectivity index (χ1v) is 9.22. The van der Waals surface area contributed by atoms with Crippen molar-refractivity contribution in [2.75, 3.05) is 59.4 Å². The first-order chi connectivity index (χ1) is 11.8. The SMILES string of the molecule is CNCc1cc(C(=O)N2CCN(CCCN3CCCC3)CC2)co1. The van der Waals surface area contributed by atoms with Gasteiger partial charge in [-0.05, 0) is 58.6 Å². The Kier molecular flexibility index (Phi) is 6.29. The quantitative estimate of drug-likeness (QED) is 0.813. The average Bonchev–Trinajstić information content (AvgIpc) is 3.27. The zero-order valence-electron chi connectivity index (χ0n) is 14.8. The van der Waals surface area contributed by atoms with Crippen molar-refractivity contribution in [1.82, 2.24) is 20.0 Å². The summed E-state index contributed by atoms with van der Waals surface area (Å²) >= 11 is 0. The van der Waals surface area contributed by atoms with Crippen LogP contribution in [-0.2, 0) is 6.54 Å². The number of carbonyl (C=O) groups is 1. The second kappa shape index (κ2) is 8.65. The minimum Gasteiger partial charge on any atom is -0.467 e. The number of nitrogens with zero attached hydrogens (tertiary/aromatic N) is 3. The fourth-order valence-electron chi connectivity index (χ4n) is 3.64. The highest BCUT2D eigenvalue weighted by Gasteiger charge is 2.23. The van der Waals surface area contributed by atoms with E-state index in [1.54, 1.807) is 6.26 Å². The van der Waals surface area contributed by atoms with Crippen LogP contribution in [0.2, 0.25) is 0 Å². The van der Waals surface area contributed by atoms with Crippen molar-refractivity contribution in [2.45, 2.75) is 25.8 Å². The Morgan fingerprint density at radius 1 is 1.08 bits per heavy atom. The van der Waals surface area contributed by atoms with Crippen molar-refractivity contribution < 1.29 is 9.21 Å². The van der Waals surface area contributed by atoms with Gasteiger partial charge in [-0.25, -0.2) is 0 Å². The van der Waals surface area contributed by atoms with Crippen molar-refractivity contribution in [2.24, 2.45) is 0 Å². The summed E-state index contributed by atoms with van der Waals surface area (Å²) in [6.07, 6.45) is 5.55. The van der Waals surface area contributed by atoms with E-state index < -0.39 is 0 Å². The van der Waals surface area contributed by atoms with E-state index in [1.807, 2.05) is 18.0 Å². The van der Waals surface area contributed by atoms with Gasteiger partial charge in [-0.3, -0.25) is 9.69 Å². The van der Waals surface area contributed by atoms with Crippen LogP contribution in [0.1, 0.15) is 35.4 Å². The first kappa shape index (κ1) is 17.5. The van der Waals surface area contributed by atoms with Crippen LogP contribution in [0.4, 0.5) is 0 Å². The van der Waals surface area contributed by atoms with Crippen molar-refractivity contribution in [3.05, 3.63) is 23.7 Å². The van der Waals surface area contributed by atoms with Gasteiger partial charge in [0.1, 0.15) is 12.0 Å². The zero-order chi connectivity index (χ0) is 16.8. The maximum Gasteiger partial charge on any atom is 0.257 e. The third-order valence-electron chi connectivity index (χ3n) is 5.06. The Morgan fingerprint density at radius 3 is 2.42 bits per heavy atom. The Hall–Kier alpha value is -1.37. The summed E-state index contributed by atoms with van der Waals surface area (Å²) in [5.74, 6) is 0.902. The predicted octanol–water partition coefficient (Wildman–Crippen LogP) is 1.24. The molecule has 2 fully saturated rings. The van der Waals surface area contributed by atoms with E-state index in [4.69, 9.17) is 4.42 Å². The van der Waals surface area contributed by atoms with Crippen molar-refractivity contribution in [1.29, 1.82) is 0 Å². The van der Waals surface area contributed by atoms with Crippen molar-refractivity contribution >= 4 is 5.91 Å². The third kappa shape index (κ3) is 4.59. The number of piperazine rings is 1. The molecule has 24 heavy (non-hydrogen) atoms. The molecule has 0 radical (unpaired) electrons. The van der Waals surface area contributed by atoms with E-state index in [9.17, 15) is 4.79 Å². The molecule has 0 aromatic carbocycles. The van der Waals surface area contributed by atoms with E-state index in [1.165, 1.54) is 38.9 Å². The molecule has 0 bridgehead atoms. The average molecular weight is 334 g/mol. The molecule has 2 saturated heterocycles. The van der Waals surface area contributed by atoms with Gasteiger partial charge in [-0.1, -0.05) is 0 Å². The van der Waals surface area contributed by atoms with Gasteiger partial charge in [-0.15, -0.1) is 0 Å². The minimum atomic E-state index is 0.0952. The molecule has 134 valence electrons. The number of furan rings is 1. The molecule has 1 aromatic rings. The number of hydrogen-bond donors (Lipinski definition) is 1. The maximum absolute atomic E-state index is 12.5. The topological polar surface area (TPSA) is 52.0 Å². The number of amides is 1. The van der Waals surface area contributed by atoms with Gasteiger partial charge in [-0.2, -0.15) is 0 Å². The molecule has 1 amide bonds. The van der Waals surface area contributed by atoms with Crippen molar-refractivity contribution in [3.8, 4) is 0 Å². The normalized spacial score (nSPS) is 20.0. The highest BCUT2D eigenvalue weighted by atomic mass is 16.3. The van der Waals surface area contributed by atoms with E-state index in [0.29, 0.717) is 12.1 Å². The summed E-state index contributed by atoms with van der Waals surface area (Å²) in [6.45, 7) is 9.17. The molecule has 0 aliphatic carbocycles. The monoisotopic (exact) mass is 334 g/mol. The van der Waals surface area contributed by atoms with Crippen LogP contribution in [0, 0.1) is 0 Å². The summed E-state index contributed by atoms with van der Waals surface area (Å²) in [4.78, 5) is 19.5. The highest BCUT2D eigenvalue weighted by Crippen LogP contribution is 2.13. The molecule has 6 nitrogen and oxygen atoms in total. The minimum absolute atomic E-state index is 0.0952. The summed E-state index contributed by atoms with van der Waals surface area (Å²) in [7, 11) is 1.87. The van der Waals surface area contributed by atoms with Gasteiger partial charge < -0.3 is 19.5 Å². The third-order valence-corrected chi connectivity index (χ3v) is 5.06. The van der Waals surface area contributed by atoms with Crippen LogP contribution in [0.5, 0.6) is 0 Å². The molecule has 2 aliphatic rings. The lowest BCUT2D eigenvalue weighted by Crippen LogP contribution is -2.49. The van der Waals surface area contributed by atoms with Crippen LogP contribution >= 0.6 is 0 Å². The highest BCUT2D eigenvalue weighted by molar-refractivity contribution is 5.94. The van der Waals surface area contributed by atoms with Crippen LogP contribution in [0.25, 0.3) is 0 Å². The van der Waals surface area contributed by atoms with Crippen LogP contribution in [0.3, 0.4) is 0 Å². The predicted molar refractivity (Wildman–Crippen MR) is 94.1 cm³/mol. The molecule has 3 heterocycles. The van der Waals surface area contributed by atoms with Gasteiger partial charge >= 0.3 is 0 Å². The Morgan fingerprint density at radius 2 is 1.75 bits per heavy atom. The van der Waals surface area contributed by atoms with Gasteiger partial charge in [0.25, 0.3) is 5.91 Å². The van der Waals surface area contributed by atoms with Gasteiger partial charge in [0.05, 0.1) is 12.1 Å². The number of carbonyl (C=O) groups excluding carboxylic acids is 1. The number of nitrogens with one attached hydrogen (secondary N) is 1. The summed E-state index contributed by atoms with van der Waals surface area (Å²) in [5.41, 5.74) is 0.669. The fraction of sp³-hybridized carbons (Fsp3) is 0.722. The van der Waals surface area contributed by atoms with E-state index in [0.717, 1.165) is 38.5 Å². The second-order valence-electron chi connectivity index (χ2n) is 6.87. The number of rotatable bonds is 7. The van der Waals surface area contributed by atoms with Crippen molar-refractivity contribution in [3.63, 3.8) is 0 Å². The van der Waals surface area contributed by atoms with Gasteiger partial charge in [0.2, 0.25) is 0 Å². The largest absolute Gasteiger partial charge is 0.467 e. The molecular weight excluding hydrogens is 304 g/mol. The summed E-state index contributed by atoms with van der Waals surface area (Å²) in [6, 6.07) is 1.85. The molecular formula is C18H30N4O2. The van der Waals surface area contributed by atoms with Crippen LogP contribution in [0.15, 0.2) is 16.7 Å². The Bertz CT molecular complexity index is 517. The lowest BCUT2D eigenvalue weighted by molar-refractivity contribution is 0.0632. The lowest BCUT2D eigenvalue weighted by Gasteiger charge is -2.34. The molecule has 3 rings (SSSR count). The molecule has 6 heteroatoms. The summed E-state index contributed by atoms with van der Waals surface area (Å²) in [5, 5.41) is 3.03. The lowest BCUT2D eigenvalue weighted by atomic mass is 10.2. The maximum atomic E-state index is 12.5. The van der Waals surface area contributed by atoms with E-state index >= 15 is 0 Å². The smallest absolute Gasteiger partial charge is 0.257 e.